The first-order valence-corrected chi connectivity index (χ1v) is 6.66. The summed E-state index contributed by atoms with van der Waals surface area (Å²) < 4.78 is 42.3. The summed E-state index contributed by atoms with van der Waals surface area (Å²) in [4.78, 5) is 19.0. The van der Waals surface area contributed by atoms with E-state index < -0.39 is 17.8 Å². The maximum atomic E-state index is 12.5. The predicted molar refractivity (Wildman–Crippen MR) is 73.0 cm³/mol. The highest BCUT2D eigenvalue weighted by molar-refractivity contribution is 5.73. The third kappa shape index (κ3) is 4.66. The molecule has 0 saturated heterocycles. The minimum absolute atomic E-state index is 0.00775. The zero-order valence-electron chi connectivity index (χ0n) is 12.3. The molecule has 2 amide bonds. The van der Waals surface area contributed by atoms with Crippen molar-refractivity contribution in [3.8, 4) is 11.5 Å². The number of carbonyl (C=O) groups is 1. The Bertz CT molecular complexity index is 667. The molecule has 2 heterocycles. The Hall–Kier alpha value is -2.65. The number of amides is 2. The standard InChI is InChI=1S/C13H14F3N5O2/c1-7(2)19-12(22)18-6-10-20-11(21-23-10)9-4-3-8(5-17-9)13(14,15)16/h3-5,7H,6H2,1-2H3,(H2,18,19,22). The number of rotatable bonds is 4. The lowest BCUT2D eigenvalue weighted by atomic mass is 10.2. The summed E-state index contributed by atoms with van der Waals surface area (Å²) in [6.07, 6.45) is -3.76. The molecule has 7 nitrogen and oxygen atoms in total. The summed E-state index contributed by atoms with van der Waals surface area (Å²) in [6, 6.07) is 1.61. The molecule has 0 aromatic carbocycles. The molecule has 2 aromatic rings. The van der Waals surface area contributed by atoms with Crippen LogP contribution in [0.1, 0.15) is 25.3 Å². The molecule has 10 heteroatoms. The highest BCUT2D eigenvalue weighted by atomic mass is 19.4. The zero-order valence-corrected chi connectivity index (χ0v) is 12.3. The van der Waals surface area contributed by atoms with Crippen LogP contribution in [0.3, 0.4) is 0 Å². The van der Waals surface area contributed by atoms with Gasteiger partial charge in [-0.2, -0.15) is 18.2 Å². The molecule has 2 aromatic heterocycles. The molecule has 0 aliphatic heterocycles. The molecule has 0 aliphatic carbocycles. The fraction of sp³-hybridized carbons (Fsp3) is 0.385. The number of aromatic nitrogens is 3. The molecule has 0 spiro atoms. The van der Waals surface area contributed by atoms with E-state index in [1.165, 1.54) is 0 Å². The highest BCUT2D eigenvalue weighted by Gasteiger charge is 2.30. The van der Waals surface area contributed by atoms with Crippen LogP contribution in [0.15, 0.2) is 22.9 Å². The summed E-state index contributed by atoms with van der Waals surface area (Å²) in [6.45, 7) is 3.60. The number of carbonyl (C=O) groups excluding carboxylic acids is 1. The van der Waals surface area contributed by atoms with E-state index >= 15 is 0 Å². The average molecular weight is 329 g/mol. The lowest BCUT2D eigenvalue weighted by Gasteiger charge is -2.07. The van der Waals surface area contributed by atoms with Crippen molar-refractivity contribution in [3.63, 3.8) is 0 Å². The summed E-state index contributed by atoms with van der Waals surface area (Å²) in [7, 11) is 0. The summed E-state index contributed by atoms with van der Waals surface area (Å²) in [5, 5.41) is 8.74. The van der Waals surface area contributed by atoms with Gasteiger partial charge in [-0.1, -0.05) is 5.16 Å². The van der Waals surface area contributed by atoms with Crippen molar-refractivity contribution in [1.29, 1.82) is 0 Å². The van der Waals surface area contributed by atoms with Crippen molar-refractivity contribution in [3.05, 3.63) is 29.8 Å². The second-order valence-corrected chi connectivity index (χ2v) is 4.92. The van der Waals surface area contributed by atoms with E-state index in [0.717, 1.165) is 12.1 Å². The molecular formula is C13H14F3N5O2. The van der Waals surface area contributed by atoms with Gasteiger partial charge in [0.05, 0.1) is 12.1 Å². The Kier molecular flexibility index (Phi) is 4.82. The van der Waals surface area contributed by atoms with Gasteiger partial charge < -0.3 is 15.2 Å². The number of alkyl halides is 3. The molecule has 0 unspecified atom stereocenters. The maximum absolute atomic E-state index is 12.5. The number of hydrogen-bond donors (Lipinski definition) is 2. The molecule has 0 radical (unpaired) electrons. The van der Waals surface area contributed by atoms with Gasteiger partial charge in [0.1, 0.15) is 5.69 Å². The average Bonchev–Trinajstić information content (AvgIpc) is 2.92. The number of nitrogens with one attached hydrogen (secondary N) is 2. The Morgan fingerprint density at radius 3 is 2.65 bits per heavy atom. The van der Waals surface area contributed by atoms with E-state index in [2.05, 4.69) is 25.8 Å². The quantitative estimate of drug-likeness (QED) is 0.898. The molecule has 23 heavy (non-hydrogen) atoms. The third-order valence-electron chi connectivity index (χ3n) is 2.61. The van der Waals surface area contributed by atoms with Gasteiger partial charge in [-0.3, -0.25) is 4.98 Å². The van der Waals surface area contributed by atoms with E-state index in [4.69, 9.17) is 4.52 Å². The van der Waals surface area contributed by atoms with Gasteiger partial charge in [0.2, 0.25) is 11.7 Å². The van der Waals surface area contributed by atoms with E-state index in [1.807, 2.05) is 0 Å². The van der Waals surface area contributed by atoms with Gasteiger partial charge in [0.25, 0.3) is 0 Å². The fourth-order valence-corrected chi connectivity index (χ4v) is 1.59. The number of urea groups is 1. The van der Waals surface area contributed by atoms with Gasteiger partial charge in [-0.25, -0.2) is 4.79 Å². The molecule has 0 fully saturated rings. The lowest BCUT2D eigenvalue weighted by molar-refractivity contribution is -0.137. The Morgan fingerprint density at radius 1 is 1.35 bits per heavy atom. The largest absolute Gasteiger partial charge is 0.417 e. The van der Waals surface area contributed by atoms with Gasteiger partial charge in [0, 0.05) is 12.2 Å². The zero-order chi connectivity index (χ0) is 17.0. The molecule has 0 atom stereocenters. The summed E-state index contributed by atoms with van der Waals surface area (Å²) in [5.74, 6) is 0.153. The van der Waals surface area contributed by atoms with Gasteiger partial charge in [0.15, 0.2) is 0 Å². The summed E-state index contributed by atoms with van der Waals surface area (Å²) >= 11 is 0. The van der Waals surface area contributed by atoms with E-state index in [-0.39, 0.29) is 30.0 Å². The van der Waals surface area contributed by atoms with Gasteiger partial charge in [-0.05, 0) is 26.0 Å². The first-order chi connectivity index (χ1) is 10.8. The lowest BCUT2D eigenvalue weighted by Crippen LogP contribution is -2.39. The Morgan fingerprint density at radius 2 is 2.09 bits per heavy atom. The fourth-order valence-electron chi connectivity index (χ4n) is 1.59. The van der Waals surface area contributed by atoms with Crippen molar-refractivity contribution < 1.29 is 22.5 Å². The molecule has 0 aliphatic rings. The van der Waals surface area contributed by atoms with Crippen LogP contribution in [0, 0.1) is 0 Å². The van der Waals surface area contributed by atoms with Crippen LogP contribution in [0.25, 0.3) is 11.5 Å². The van der Waals surface area contributed by atoms with Crippen LogP contribution in [-0.4, -0.2) is 27.2 Å². The van der Waals surface area contributed by atoms with Crippen LogP contribution in [0.4, 0.5) is 18.0 Å². The van der Waals surface area contributed by atoms with Crippen LogP contribution in [0.5, 0.6) is 0 Å². The molecule has 2 N–H and O–H groups in total. The first-order valence-electron chi connectivity index (χ1n) is 6.66. The van der Waals surface area contributed by atoms with Crippen LogP contribution in [-0.2, 0) is 12.7 Å². The monoisotopic (exact) mass is 329 g/mol. The maximum Gasteiger partial charge on any atom is 0.417 e. The Balaban J connectivity index is 2.00. The SMILES string of the molecule is CC(C)NC(=O)NCc1nc(-c2ccc(C(F)(F)F)cn2)no1. The normalized spacial score (nSPS) is 11.6. The number of nitrogens with zero attached hydrogens (tertiary/aromatic N) is 3. The summed E-state index contributed by atoms with van der Waals surface area (Å²) in [5.41, 5.74) is -0.725. The van der Waals surface area contributed by atoms with Gasteiger partial charge in [-0.15, -0.1) is 0 Å². The van der Waals surface area contributed by atoms with E-state index in [1.54, 1.807) is 13.8 Å². The van der Waals surface area contributed by atoms with Crippen molar-refractivity contribution >= 4 is 6.03 Å². The minimum atomic E-state index is -4.46. The molecule has 0 saturated carbocycles. The van der Waals surface area contributed by atoms with Crippen molar-refractivity contribution in [2.75, 3.05) is 0 Å². The highest BCUT2D eigenvalue weighted by Crippen LogP contribution is 2.29. The third-order valence-corrected chi connectivity index (χ3v) is 2.61. The topological polar surface area (TPSA) is 92.9 Å². The molecule has 2 rings (SSSR count). The van der Waals surface area contributed by atoms with Crippen LogP contribution >= 0.6 is 0 Å². The number of halogens is 3. The molecular weight excluding hydrogens is 315 g/mol. The van der Waals surface area contributed by atoms with E-state index in [9.17, 15) is 18.0 Å². The number of hydrogen-bond acceptors (Lipinski definition) is 5. The van der Waals surface area contributed by atoms with E-state index in [0.29, 0.717) is 6.20 Å². The van der Waals surface area contributed by atoms with Crippen LogP contribution < -0.4 is 10.6 Å². The van der Waals surface area contributed by atoms with Crippen molar-refractivity contribution in [2.24, 2.45) is 0 Å². The molecule has 124 valence electrons. The smallest absolute Gasteiger partial charge is 0.337 e. The van der Waals surface area contributed by atoms with Gasteiger partial charge >= 0.3 is 12.2 Å². The second kappa shape index (κ2) is 6.63. The predicted octanol–water partition coefficient (Wildman–Crippen LogP) is 2.36. The van der Waals surface area contributed by atoms with Crippen molar-refractivity contribution in [1.82, 2.24) is 25.8 Å². The molecule has 0 bridgehead atoms. The number of pyridine rings is 1. The van der Waals surface area contributed by atoms with Crippen LogP contribution in [0.2, 0.25) is 0 Å². The minimum Gasteiger partial charge on any atom is -0.337 e. The van der Waals surface area contributed by atoms with Crippen molar-refractivity contribution in [2.45, 2.75) is 32.6 Å². The first kappa shape index (κ1) is 16.7. The Labute approximate surface area is 129 Å². The second-order valence-electron chi connectivity index (χ2n) is 4.92.